The van der Waals surface area contributed by atoms with Crippen LogP contribution in [-0.2, 0) is 10.5 Å². The highest BCUT2D eigenvalue weighted by Crippen LogP contribution is 2.27. The van der Waals surface area contributed by atoms with Crippen molar-refractivity contribution in [1.29, 1.82) is 0 Å². The largest absolute Gasteiger partial charge is 0.495 e. The number of methoxy groups -OCH3 is 1. The van der Waals surface area contributed by atoms with Crippen molar-refractivity contribution in [2.75, 3.05) is 18.2 Å². The number of nitrogens with one attached hydrogen (secondary N) is 1. The minimum absolute atomic E-state index is 0.0575. The summed E-state index contributed by atoms with van der Waals surface area (Å²) in [6, 6.07) is 10.7. The summed E-state index contributed by atoms with van der Waals surface area (Å²) in [4.78, 5) is 12.0. The highest BCUT2D eigenvalue weighted by Gasteiger charge is 2.06. The first-order valence-corrected chi connectivity index (χ1v) is 9.43. The first-order chi connectivity index (χ1) is 11.5. The molecule has 0 spiro atoms. The molecule has 2 rings (SSSR count). The van der Waals surface area contributed by atoms with E-state index in [0.717, 1.165) is 11.3 Å². The van der Waals surface area contributed by atoms with E-state index < -0.39 is 0 Å². The first-order valence-electron chi connectivity index (χ1n) is 7.14. The van der Waals surface area contributed by atoms with E-state index in [1.165, 1.54) is 0 Å². The summed E-state index contributed by atoms with van der Waals surface area (Å²) in [5, 5.41) is 4.37. The maximum atomic E-state index is 12.0. The second kappa shape index (κ2) is 9.42. The Morgan fingerprint density at radius 3 is 2.54 bits per heavy atom. The summed E-state index contributed by atoms with van der Waals surface area (Å²) >= 11 is 19.5. The van der Waals surface area contributed by atoms with Crippen molar-refractivity contribution in [2.45, 2.75) is 12.2 Å². The number of carbonyl (C=O) groups is 1. The van der Waals surface area contributed by atoms with E-state index >= 15 is 0 Å². The molecule has 1 amide bonds. The second-order valence-corrected chi connectivity index (χ2v) is 7.28. The fourth-order valence-corrected chi connectivity index (χ4v) is 3.42. The summed E-state index contributed by atoms with van der Waals surface area (Å²) in [6.07, 6.45) is 0.412. The van der Waals surface area contributed by atoms with Gasteiger partial charge >= 0.3 is 0 Å². The van der Waals surface area contributed by atoms with Crippen LogP contribution in [0.3, 0.4) is 0 Å². The van der Waals surface area contributed by atoms with E-state index in [0.29, 0.717) is 38.7 Å². The maximum Gasteiger partial charge on any atom is 0.225 e. The van der Waals surface area contributed by atoms with Crippen molar-refractivity contribution in [3.63, 3.8) is 0 Å². The fourth-order valence-electron chi connectivity index (χ4n) is 1.95. The Labute approximate surface area is 160 Å². The van der Waals surface area contributed by atoms with Crippen molar-refractivity contribution in [3.05, 3.63) is 57.0 Å². The lowest BCUT2D eigenvalue weighted by Crippen LogP contribution is -2.12. The van der Waals surface area contributed by atoms with Crippen LogP contribution in [0.5, 0.6) is 5.75 Å². The molecule has 0 aliphatic carbocycles. The molecule has 0 saturated carbocycles. The van der Waals surface area contributed by atoms with Crippen LogP contribution >= 0.6 is 46.6 Å². The van der Waals surface area contributed by atoms with Crippen LogP contribution in [0.25, 0.3) is 0 Å². The molecule has 2 aromatic carbocycles. The Balaban J connectivity index is 1.75. The van der Waals surface area contributed by atoms with Crippen LogP contribution in [0.4, 0.5) is 5.69 Å². The molecule has 0 aromatic heterocycles. The molecular weight excluding hydrogens is 389 g/mol. The summed E-state index contributed by atoms with van der Waals surface area (Å²) in [7, 11) is 1.55. The average molecular weight is 405 g/mol. The predicted octanol–water partition coefficient (Wildman–Crippen LogP) is 5.92. The first kappa shape index (κ1) is 19.3. The van der Waals surface area contributed by atoms with Gasteiger partial charge in [0.15, 0.2) is 0 Å². The van der Waals surface area contributed by atoms with Crippen LogP contribution < -0.4 is 10.1 Å². The van der Waals surface area contributed by atoms with Crippen molar-refractivity contribution in [2.24, 2.45) is 0 Å². The highest BCUT2D eigenvalue weighted by atomic mass is 35.5. The standard InChI is InChI=1S/C17H16Cl3NO2S/c1-23-16-5-3-12(9-15(16)20)21-17(22)6-7-24-10-11-2-4-13(18)14(19)8-11/h2-5,8-9H,6-7,10H2,1H3,(H,21,22). The zero-order chi connectivity index (χ0) is 17.5. The molecule has 24 heavy (non-hydrogen) atoms. The summed E-state index contributed by atoms with van der Waals surface area (Å²) in [5.74, 6) is 2.00. The number of halogens is 3. The lowest BCUT2D eigenvalue weighted by molar-refractivity contribution is -0.115. The SMILES string of the molecule is COc1ccc(NC(=O)CCSCc2ccc(Cl)c(Cl)c2)cc1Cl. The number of rotatable bonds is 7. The maximum absolute atomic E-state index is 12.0. The highest BCUT2D eigenvalue weighted by molar-refractivity contribution is 7.98. The van der Waals surface area contributed by atoms with Crippen LogP contribution in [0.2, 0.25) is 15.1 Å². The number of amides is 1. The third kappa shape index (κ3) is 5.78. The molecule has 128 valence electrons. The van der Waals surface area contributed by atoms with Gasteiger partial charge in [-0.15, -0.1) is 0 Å². The van der Waals surface area contributed by atoms with Crippen LogP contribution in [0, 0.1) is 0 Å². The normalized spacial score (nSPS) is 10.5. The Bertz CT molecular complexity index is 725. The monoisotopic (exact) mass is 403 g/mol. The van der Waals surface area contributed by atoms with Gasteiger partial charge in [0.05, 0.1) is 22.2 Å². The average Bonchev–Trinajstić information content (AvgIpc) is 2.55. The molecule has 0 radical (unpaired) electrons. The number of ether oxygens (including phenoxy) is 1. The summed E-state index contributed by atoms with van der Waals surface area (Å²) in [5.41, 5.74) is 1.73. The van der Waals surface area contributed by atoms with Crippen molar-refractivity contribution >= 4 is 58.2 Å². The number of benzene rings is 2. The zero-order valence-electron chi connectivity index (χ0n) is 12.9. The predicted molar refractivity (Wildman–Crippen MR) is 104 cm³/mol. The van der Waals surface area contributed by atoms with Gasteiger partial charge in [-0.05, 0) is 35.9 Å². The number of hydrogen-bond donors (Lipinski definition) is 1. The molecule has 0 saturated heterocycles. The van der Waals surface area contributed by atoms with Crippen molar-refractivity contribution in [3.8, 4) is 5.75 Å². The lowest BCUT2D eigenvalue weighted by atomic mass is 10.2. The minimum Gasteiger partial charge on any atom is -0.495 e. The molecule has 1 N–H and O–H groups in total. The Kier molecular flexibility index (Phi) is 7.56. The van der Waals surface area contributed by atoms with Gasteiger partial charge in [-0.1, -0.05) is 40.9 Å². The van der Waals surface area contributed by atoms with E-state index in [4.69, 9.17) is 39.5 Å². The van der Waals surface area contributed by atoms with E-state index in [9.17, 15) is 4.79 Å². The molecule has 0 atom stereocenters. The molecule has 0 unspecified atom stereocenters. The Morgan fingerprint density at radius 1 is 1.08 bits per heavy atom. The van der Waals surface area contributed by atoms with Crippen molar-refractivity contribution in [1.82, 2.24) is 0 Å². The molecule has 7 heteroatoms. The molecule has 0 heterocycles. The zero-order valence-corrected chi connectivity index (χ0v) is 16.0. The third-order valence-electron chi connectivity index (χ3n) is 3.16. The van der Waals surface area contributed by atoms with Gasteiger partial charge in [-0.2, -0.15) is 11.8 Å². The molecule has 3 nitrogen and oxygen atoms in total. The van der Waals surface area contributed by atoms with E-state index in [1.807, 2.05) is 12.1 Å². The Morgan fingerprint density at radius 2 is 1.88 bits per heavy atom. The van der Waals surface area contributed by atoms with E-state index in [-0.39, 0.29) is 5.91 Å². The van der Waals surface area contributed by atoms with E-state index in [1.54, 1.807) is 43.1 Å². The van der Waals surface area contributed by atoms with Gasteiger partial charge < -0.3 is 10.1 Å². The van der Waals surface area contributed by atoms with Crippen molar-refractivity contribution < 1.29 is 9.53 Å². The third-order valence-corrected chi connectivity index (χ3v) is 5.23. The smallest absolute Gasteiger partial charge is 0.225 e. The number of anilines is 1. The minimum atomic E-state index is -0.0575. The topological polar surface area (TPSA) is 38.3 Å². The molecule has 2 aromatic rings. The van der Waals surface area contributed by atoms with Gasteiger partial charge in [0, 0.05) is 23.6 Å². The summed E-state index contributed by atoms with van der Waals surface area (Å²) < 4.78 is 5.08. The Hall–Kier alpha value is -1.07. The van der Waals surface area contributed by atoms with Gasteiger partial charge in [0.25, 0.3) is 0 Å². The fraction of sp³-hybridized carbons (Fsp3) is 0.235. The number of carbonyl (C=O) groups excluding carboxylic acids is 1. The molecule has 0 aliphatic rings. The number of thioether (sulfide) groups is 1. The molecule has 0 bridgehead atoms. The van der Waals surface area contributed by atoms with Gasteiger partial charge in [-0.3, -0.25) is 4.79 Å². The molecular formula is C17H16Cl3NO2S. The van der Waals surface area contributed by atoms with Crippen LogP contribution in [0.1, 0.15) is 12.0 Å². The van der Waals surface area contributed by atoms with Gasteiger partial charge in [0.1, 0.15) is 5.75 Å². The number of hydrogen-bond acceptors (Lipinski definition) is 3. The van der Waals surface area contributed by atoms with Gasteiger partial charge in [-0.25, -0.2) is 0 Å². The van der Waals surface area contributed by atoms with Crippen LogP contribution in [-0.4, -0.2) is 18.8 Å². The molecule has 0 aliphatic heterocycles. The second-order valence-electron chi connectivity index (χ2n) is 4.95. The summed E-state index contributed by atoms with van der Waals surface area (Å²) in [6.45, 7) is 0. The van der Waals surface area contributed by atoms with E-state index in [2.05, 4.69) is 5.32 Å². The lowest BCUT2D eigenvalue weighted by Gasteiger charge is -2.08. The van der Waals surface area contributed by atoms with Gasteiger partial charge in [0.2, 0.25) is 5.91 Å². The quantitative estimate of drug-likeness (QED) is 0.582. The van der Waals surface area contributed by atoms with Crippen LogP contribution in [0.15, 0.2) is 36.4 Å². The molecule has 0 fully saturated rings.